The number of anilines is 1. The lowest BCUT2D eigenvalue weighted by Gasteiger charge is -2.13. The summed E-state index contributed by atoms with van der Waals surface area (Å²) in [5, 5.41) is 35.8. The van der Waals surface area contributed by atoms with Crippen molar-refractivity contribution in [3.05, 3.63) is 11.5 Å². The highest BCUT2D eigenvalue weighted by Gasteiger charge is 2.45. The first-order chi connectivity index (χ1) is 9.66. The Labute approximate surface area is 118 Å². The zero-order chi connectivity index (χ0) is 15.9. The van der Waals surface area contributed by atoms with Crippen molar-refractivity contribution >= 4 is 18.9 Å². The minimum atomic E-state index is -4.82. The Balaban J connectivity index is 2.32. The second-order valence-electron chi connectivity index (χ2n) is 4.54. The normalized spacial score (nSPS) is 29.8. The van der Waals surface area contributed by atoms with E-state index in [0.717, 1.165) is 0 Å². The average Bonchev–Trinajstić information content (AvgIpc) is 2.90. The van der Waals surface area contributed by atoms with E-state index in [0.29, 0.717) is 0 Å². The lowest BCUT2D eigenvalue weighted by molar-refractivity contribution is -0.0236. The molecule has 0 aliphatic carbocycles. The predicted octanol–water partition coefficient (Wildman–Crippen LogP) is -2.35. The first kappa shape index (κ1) is 16.0. The second kappa shape index (κ2) is 5.46. The fourth-order valence-electron chi connectivity index (χ4n) is 2.01. The van der Waals surface area contributed by atoms with Gasteiger partial charge in [-0.1, -0.05) is 0 Å². The van der Waals surface area contributed by atoms with E-state index in [-0.39, 0.29) is 11.5 Å². The first-order valence-electron chi connectivity index (χ1n) is 5.79. The number of aromatic amines is 1. The third kappa shape index (κ3) is 2.85. The van der Waals surface area contributed by atoms with Gasteiger partial charge in [0.1, 0.15) is 30.2 Å². The van der Waals surface area contributed by atoms with Crippen LogP contribution in [0.2, 0.25) is 0 Å². The maximum Gasteiger partial charge on any atom is 0.377 e. The second-order valence-corrected chi connectivity index (χ2v) is 6.07. The number of hydrogen-bond acceptors (Lipinski definition) is 8. The van der Waals surface area contributed by atoms with E-state index in [1.807, 2.05) is 0 Å². The Kier molecular flexibility index (Phi) is 4.17. The molecule has 0 aromatic carbocycles. The van der Waals surface area contributed by atoms with E-state index in [1.165, 1.54) is 0 Å². The number of nitrogens with one attached hydrogen (secondary N) is 2. The van der Waals surface area contributed by atoms with Gasteiger partial charge < -0.3 is 40.6 Å². The van der Waals surface area contributed by atoms with Gasteiger partial charge in [0.2, 0.25) is 0 Å². The summed E-state index contributed by atoms with van der Waals surface area (Å²) >= 11 is 0. The summed E-state index contributed by atoms with van der Waals surface area (Å²) in [6.45, 7) is -0.534. The molecule has 1 aliphatic heterocycles. The Hall–Kier alpha value is -1.33. The summed E-state index contributed by atoms with van der Waals surface area (Å²) in [7, 11) is -4.82. The van der Waals surface area contributed by atoms with Gasteiger partial charge in [-0.15, -0.1) is 0 Å². The van der Waals surface area contributed by atoms with Crippen LogP contribution < -0.4 is 5.73 Å². The van der Waals surface area contributed by atoms with Crippen molar-refractivity contribution in [3.63, 3.8) is 0 Å². The SMILES string of the molecule is N=C(c1nc(N)c(C2O[C@H](CO)[C@@H](O)[C@H]2O)[nH]1)P(=O)(O)O. The van der Waals surface area contributed by atoms with Crippen LogP contribution >= 0.6 is 7.60 Å². The molecule has 1 aromatic heterocycles. The third-order valence-electron chi connectivity index (χ3n) is 3.10. The van der Waals surface area contributed by atoms with Gasteiger partial charge in [-0.25, -0.2) is 4.98 Å². The van der Waals surface area contributed by atoms with Gasteiger partial charge in [-0.05, 0) is 0 Å². The molecule has 1 unspecified atom stereocenters. The Morgan fingerprint density at radius 3 is 2.52 bits per heavy atom. The Bertz CT molecular complexity index is 599. The summed E-state index contributed by atoms with van der Waals surface area (Å²) in [4.78, 5) is 23.8. The van der Waals surface area contributed by atoms with Gasteiger partial charge in [0.15, 0.2) is 11.3 Å². The van der Waals surface area contributed by atoms with Crippen LogP contribution in [-0.4, -0.2) is 65.4 Å². The molecule has 1 aliphatic rings. The molecule has 1 fully saturated rings. The molecule has 4 atom stereocenters. The molecule has 9 N–H and O–H groups in total. The molecule has 1 aromatic rings. The van der Waals surface area contributed by atoms with Crippen LogP contribution in [0, 0.1) is 5.41 Å². The van der Waals surface area contributed by atoms with Crippen molar-refractivity contribution in [1.29, 1.82) is 5.41 Å². The topological polar surface area (TPSA) is 206 Å². The van der Waals surface area contributed by atoms with E-state index in [9.17, 15) is 14.8 Å². The van der Waals surface area contributed by atoms with Gasteiger partial charge in [0.05, 0.1) is 12.3 Å². The first-order valence-corrected chi connectivity index (χ1v) is 7.41. The highest BCUT2D eigenvalue weighted by atomic mass is 31.2. The van der Waals surface area contributed by atoms with Crippen LogP contribution in [0.3, 0.4) is 0 Å². The minimum Gasteiger partial charge on any atom is -0.394 e. The lowest BCUT2D eigenvalue weighted by atomic mass is 10.1. The fraction of sp³-hybridized carbons (Fsp3) is 0.556. The molecule has 2 rings (SSSR count). The van der Waals surface area contributed by atoms with Crippen LogP contribution in [0.1, 0.15) is 17.6 Å². The molecular formula is C9H15N4O7P. The molecule has 0 bridgehead atoms. The maximum absolute atomic E-state index is 11.0. The van der Waals surface area contributed by atoms with Crippen LogP contribution in [0.4, 0.5) is 5.82 Å². The van der Waals surface area contributed by atoms with Crippen molar-refractivity contribution in [2.24, 2.45) is 0 Å². The van der Waals surface area contributed by atoms with E-state index in [1.54, 1.807) is 0 Å². The number of nitrogens with zero attached hydrogens (tertiary/aromatic N) is 1. The maximum atomic E-state index is 11.0. The summed E-state index contributed by atoms with van der Waals surface area (Å²) in [6.07, 6.45) is -4.96. The molecule has 0 saturated carbocycles. The Morgan fingerprint density at radius 1 is 1.43 bits per heavy atom. The average molecular weight is 322 g/mol. The number of aliphatic hydroxyl groups is 3. The summed E-state index contributed by atoms with van der Waals surface area (Å²) < 4.78 is 16.2. The van der Waals surface area contributed by atoms with Crippen LogP contribution in [0.15, 0.2) is 0 Å². The number of H-pyrrole nitrogens is 1. The van der Waals surface area contributed by atoms with Crippen molar-refractivity contribution in [2.75, 3.05) is 12.3 Å². The number of aromatic nitrogens is 2. The van der Waals surface area contributed by atoms with Crippen LogP contribution in [0.25, 0.3) is 0 Å². The molecule has 118 valence electrons. The van der Waals surface area contributed by atoms with E-state index < -0.39 is 49.9 Å². The van der Waals surface area contributed by atoms with Crippen LogP contribution in [0.5, 0.6) is 0 Å². The van der Waals surface area contributed by atoms with E-state index in [2.05, 4.69) is 9.97 Å². The summed E-state index contributed by atoms with van der Waals surface area (Å²) in [6, 6.07) is 0. The highest BCUT2D eigenvalue weighted by molar-refractivity contribution is 7.71. The number of rotatable bonds is 4. The lowest BCUT2D eigenvalue weighted by Crippen LogP contribution is -2.32. The molecule has 0 spiro atoms. The summed E-state index contributed by atoms with van der Waals surface area (Å²) in [5.41, 5.74) is 4.47. The van der Waals surface area contributed by atoms with E-state index in [4.69, 9.17) is 30.8 Å². The molecule has 1 saturated heterocycles. The quantitative estimate of drug-likeness (QED) is 0.220. The number of nitrogen functional groups attached to an aromatic ring is 1. The number of hydrogen-bond donors (Lipinski definition) is 8. The largest absolute Gasteiger partial charge is 0.394 e. The molecule has 12 heteroatoms. The molecular weight excluding hydrogens is 307 g/mol. The number of ether oxygens (including phenoxy) is 1. The van der Waals surface area contributed by atoms with Gasteiger partial charge in [-0.2, -0.15) is 0 Å². The number of aliphatic hydroxyl groups excluding tert-OH is 3. The molecule has 2 heterocycles. The van der Waals surface area contributed by atoms with Crippen LogP contribution in [-0.2, 0) is 9.30 Å². The van der Waals surface area contributed by atoms with Crippen molar-refractivity contribution in [2.45, 2.75) is 24.4 Å². The molecule has 11 nitrogen and oxygen atoms in total. The predicted molar refractivity (Wildman–Crippen MR) is 68.6 cm³/mol. The van der Waals surface area contributed by atoms with Crippen molar-refractivity contribution in [1.82, 2.24) is 9.97 Å². The summed E-state index contributed by atoms with van der Waals surface area (Å²) in [5.74, 6) is -0.702. The van der Waals surface area contributed by atoms with Gasteiger partial charge in [-0.3, -0.25) is 9.97 Å². The van der Waals surface area contributed by atoms with Gasteiger partial charge in [0, 0.05) is 0 Å². The van der Waals surface area contributed by atoms with E-state index >= 15 is 0 Å². The molecule has 0 radical (unpaired) electrons. The van der Waals surface area contributed by atoms with Gasteiger partial charge in [0.25, 0.3) is 0 Å². The fourth-order valence-corrected chi connectivity index (χ4v) is 2.39. The Morgan fingerprint density at radius 2 is 2.05 bits per heavy atom. The monoisotopic (exact) mass is 322 g/mol. The third-order valence-corrected chi connectivity index (χ3v) is 3.90. The number of imidazole rings is 1. The molecule has 0 amide bonds. The standard InChI is InChI=1S/C9H15N4O7P/c10-7-3(6-5(16)4(15)2(1-14)20-6)12-9(13-7)8(11)21(17,18)19/h2,4-6,11,14-16H,1,10H2,(H,12,13)(H2,17,18,19)/t2-,4-,5-,6?/m1/s1. The zero-order valence-corrected chi connectivity index (χ0v) is 11.4. The van der Waals surface area contributed by atoms with Crippen molar-refractivity contribution in [3.8, 4) is 0 Å². The highest BCUT2D eigenvalue weighted by Crippen LogP contribution is 2.40. The minimum absolute atomic E-state index is 0.0364. The van der Waals surface area contributed by atoms with Gasteiger partial charge >= 0.3 is 7.60 Å². The molecule has 21 heavy (non-hydrogen) atoms. The zero-order valence-electron chi connectivity index (χ0n) is 10.5. The number of nitrogens with two attached hydrogens (primary N) is 1. The smallest absolute Gasteiger partial charge is 0.377 e. The van der Waals surface area contributed by atoms with Crippen molar-refractivity contribution < 1.29 is 34.4 Å².